The number of hydrogen-bond acceptors (Lipinski definition) is 4. The van der Waals surface area contributed by atoms with E-state index in [-0.39, 0.29) is 5.91 Å². The zero-order chi connectivity index (χ0) is 19.2. The molecule has 0 bridgehead atoms. The highest BCUT2D eigenvalue weighted by atomic mass is 16.2. The predicted molar refractivity (Wildman–Crippen MR) is 109 cm³/mol. The second kappa shape index (κ2) is 8.33. The van der Waals surface area contributed by atoms with Crippen LogP contribution in [0.25, 0.3) is 0 Å². The molecule has 0 unspecified atom stereocenters. The first-order valence-corrected chi connectivity index (χ1v) is 9.15. The molecule has 0 spiro atoms. The number of carbonyl (C=O) groups is 1. The van der Waals surface area contributed by atoms with E-state index in [9.17, 15) is 4.79 Å². The smallest absolute Gasteiger partial charge is 0.282 e. The highest BCUT2D eigenvalue weighted by Crippen LogP contribution is 2.26. The molecule has 2 aromatic rings. The van der Waals surface area contributed by atoms with Gasteiger partial charge in [-0.05, 0) is 48.7 Å². The van der Waals surface area contributed by atoms with Crippen molar-refractivity contribution in [2.24, 2.45) is 5.10 Å². The maximum Gasteiger partial charge on any atom is 0.282 e. The molecule has 0 aromatic heterocycles. The number of hydrazone groups is 1. The molecule has 136 valence electrons. The van der Waals surface area contributed by atoms with E-state index in [2.05, 4.69) is 36.4 Å². The number of nitriles is 1. The minimum atomic E-state index is -0.162. The van der Waals surface area contributed by atoms with E-state index in [1.807, 2.05) is 18.2 Å². The number of para-hydroxylation sites is 1. The predicted octanol–water partition coefficient (Wildman–Crippen LogP) is 4.62. The number of amides is 1. The molecule has 1 aliphatic rings. The van der Waals surface area contributed by atoms with Gasteiger partial charge in [0.25, 0.3) is 5.91 Å². The summed E-state index contributed by atoms with van der Waals surface area (Å²) < 4.78 is 0. The van der Waals surface area contributed by atoms with E-state index in [0.29, 0.717) is 16.8 Å². The number of anilines is 2. The third-order valence-electron chi connectivity index (χ3n) is 4.45. The van der Waals surface area contributed by atoms with E-state index in [4.69, 9.17) is 5.26 Å². The Labute approximate surface area is 159 Å². The zero-order valence-corrected chi connectivity index (χ0v) is 15.6. The lowest BCUT2D eigenvalue weighted by Crippen LogP contribution is -2.22. The fraction of sp³-hybridized carbons (Fsp3) is 0.227. The molecule has 0 atom stereocenters. The van der Waals surface area contributed by atoms with Crippen LogP contribution in [0.1, 0.15) is 37.8 Å². The molecule has 5 heteroatoms. The van der Waals surface area contributed by atoms with Gasteiger partial charge in [0.15, 0.2) is 0 Å². The Hall–Kier alpha value is -3.39. The SMILES string of the molecule is CCCC1=NN(c2ccc(C#N)cc2)C(=O)/C1=C/Nc1ccccc1CC. The molecule has 5 nitrogen and oxygen atoms in total. The third-order valence-corrected chi connectivity index (χ3v) is 4.45. The van der Waals surface area contributed by atoms with Crippen LogP contribution in [0.15, 0.2) is 65.4 Å². The van der Waals surface area contributed by atoms with Gasteiger partial charge in [0, 0.05) is 11.9 Å². The molecule has 3 rings (SSSR count). The van der Waals surface area contributed by atoms with Gasteiger partial charge in [0.2, 0.25) is 0 Å². The molecule has 1 heterocycles. The minimum Gasteiger partial charge on any atom is -0.361 e. The van der Waals surface area contributed by atoms with Crippen molar-refractivity contribution in [3.05, 3.63) is 71.4 Å². The van der Waals surface area contributed by atoms with E-state index < -0.39 is 0 Å². The summed E-state index contributed by atoms with van der Waals surface area (Å²) in [5, 5.41) is 18.2. The molecule has 1 aliphatic heterocycles. The summed E-state index contributed by atoms with van der Waals surface area (Å²) in [6, 6.07) is 17.0. The molecule has 27 heavy (non-hydrogen) atoms. The Balaban J connectivity index is 1.89. The third kappa shape index (κ3) is 3.90. The monoisotopic (exact) mass is 358 g/mol. The van der Waals surface area contributed by atoms with Crippen molar-refractivity contribution in [2.45, 2.75) is 33.1 Å². The van der Waals surface area contributed by atoms with Crippen molar-refractivity contribution in [1.82, 2.24) is 0 Å². The second-order valence-corrected chi connectivity index (χ2v) is 6.29. The van der Waals surface area contributed by atoms with E-state index in [0.717, 1.165) is 30.7 Å². The summed E-state index contributed by atoms with van der Waals surface area (Å²) in [7, 11) is 0. The minimum absolute atomic E-state index is 0.162. The molecule has 1 amide bonds. The Kier molecular flexibility index (Phi) is 5.68. The first kappa shape index (κ1) is 18.4. The average Bonchev–Trinajstić information content (AvgIpc) is 3.02. The fourth-order valence-electron chi connectivity index (χ4n) is 3.00. The van der Waals surface area contributed by atoms with Gasteiger partial charge in [-0.25, -0.2) is 0 Å². The van der Waals surface area contributed by atoms with E-state index in [1.54, 1.807) is 30.5 Å². The summed E-state index contributed by atoms with van der Waals surface area (Å²) >= 11 is 0. The van der Waals surface area contributed by atoms with Crippen LogP contribution in [0.5, 0.6) is 0 Å². The lowest BCUT2D eigenvalue weighted by atomic mass is 10.1. The summed E-state index contributed by atoms with van der Waals surface area (Å²) in [6.07, 6.45) is 4.29. The Bertz CT molecular complexity index is 936. The Morgan fingerprint density at radius 3 is 2.56 bits per heavy atom. The van der Waals surface area contributed by atoms with E-state index in [1.165, 1.54) is 10.6 Å². The molecule has 0 radical (unpaired) electrons. The maximum absolute atomic E-state index is 13.0. The first-order chi connectivity index (χ1) is 13.2. The quantitative estimate of drug-likeness (QED) is 0.766. The van der Waals surface area contributed by atoms with Gasteiger partial charge in [0.05, 0.1) is 28.6 Å². The van der Waals surface area contributed by atoms with Gasteiger partial charge in [-0.1, -0.05) is 38.5 Å². The lowest BCUT2D eigenvalue weighted by molar-refractivity contribution is -0.114. The van der Waals surface area contributed by atoms with Crippen LogP contribution in [0.2, 0.25) is 0 Å². The maximum atomic E-state index is 13.0. The largest absolute Gasteiger partial charge is 0.361 e. The van der Waals surface area contributed by atoms with Crippen LogP contribution >= 0.6 is 0 Å². The van der Waals surface area contributed by atoms with Crippen LogP contribution in [0.3, 0.4) is 0 Å². The normalized spacial score (nSPS) is 15.0. The lowest BCUT2D eigenvalue weighted by Gasteiger charge is -2.12. The standard InChI is InChI=1S/C22H22N4O/c1-3-7-21-19(15-24-20-9-6-5-8-17(20)4-2)22(27)26(25-21)18-12-10-16(14-23)11-13-18/h5-6,8-13,15,24H,3-4,7H2,1-2H3/b19-15+. The van der Waals surface area contributed by atoms with Crippen LogP contribution < -0.4 is 10.3 Å². The van der Waals surface area contributed by atoms with Crippen LogP contribution in [-0.4, -0.2) is 11.6 Å². The van der Waals surface area contributed by atoms with Crippen molar-refractivity contribution >= 4 is 23.0 Å². The van der Waals surface area contributed by atoms with Gasteiger partial charge < -0.3 is 5.32 Å². The van der Waals surface area contributed by atoms with Crippen molar-refractivity contribution in [1.29, 1.82) is 5.26 Å². The summed E-state index contributed by atoms with van der Waals surface area (Å²) in [5.74, 6) is -0.162. The Morgan fingerprint density at radius 1 is 1.15 bits per heavy atom. The number of hydrogen-bond donors (Lipinski definition) is 1. The second-order valence-electron chi connectivity index (χ2n) is 6.29. The Morgan fingerprint density at radius 2 is 1.89 bits per heavy atom. The van der Waals surface area contributed by atoms with Gasteiger partial charge in [-0.15, -0.1) is 0 Å². The number of nitrogens with zero attached hydrogens (tertiary/aromatic N) is 3. The number of carbonyl (C=O) groups excluding carboxylic acids is 1. The van der Waals surface area contributed by atoms with Crippen LogP contribution in [0.4, 0.5) is 11.4 Å². The molecular weight excluding hydrogens is 336 g/mol. The van der Waals surface area contributed by atoms with Gasteiger partial charge in [0.1, 0.15) is 0 Å². The van der Waals surface area contributed by atoms with E-state index >= 15 is 0 Å². The molecule has 2 aromatic carbocycles. The summed E-state index contributed by atoms with van der Waals surface area (Å²) in [4.78, 5) is 13.0. The van der Waals surface area contributed by atoms with Gasteiger partial charge in [-0.2, -0.15) is 15.4 Å². The fourth-order valence-corrected chi connectivity index (χ4v) is 3.00. The summed E-state index contributed by atoms with van der Waals surface area (Å²) in [5.41, 5.74) is 4.74. The number of aryl methyl sites for hydroxylation is 1. The topological polar surface area (TPSA) is 68.5 Å². The first-order valence-electron chi connectivity index (χ1n) is 9.15. The number of benzene rings is 2. The number of rotatable bonds is 6. The van der Waals surface area contributed by atoms with Crippen molar-refractivity contribution in [2.75, 3.05) is 10.3 Å². The van der Waals surface area contributed by atoms with Crippen molar-refractivity contribution in [3.63, 3.8) is 0 Å². The average molecular weight is 358 g/mol. The summed E-state index contributed by atoms with van der Waals surface area (Å²) in [6.45, 7) is 4.17. The van der Waals surface area contributed by atoms with Gasteiger partial charge >= 0.3 is 0 Å². The molecule has 0 saturated heterocycles. The van der Waals surface area contributed by atoms with Crippen LogP contribution in [0, 0.1) is 11.3 Å². The van der Waals surface area contributed by atoms with Crippen molar-refractivity contribution < 1.29 is 4.79 Å². The zero-order valence-electron chi connectivity index (χ0n) is 15.6. The van der Waals surface area contributed by atoms with Gasteiger partial charge in [-0.3, -0.25) is 4.79 Å². The molecule has 0 fully saturated rings. The molecule has 0 aliphatic carbocycles. The molecule has 1 N–H and O–H groups in total. The van der Waals surface area contributed by atoms with Crippen molar-refractivity contribution in [3.8, 4) is 6.07 Å². The molecule has 0 saturated carbocycles. The van der Waals surface area contributed by atoms with Crippen LogP contribution in [-0.2, 0) is 11.2 Å². The number of nitrogens with one attached hydrogen (secondary N) is 1. The highest BCUT2D eigenvalue weighted by Gasteiger charge is 2.30. The highest BCUT2D eigenvalue weighted by molar-refractivity contribution is 6.30. The molecular formula is C22H22N4O.